The number of rotatable bonds is 6. The highest BCUT2D eigenvalue weighted by molar-refractivity contribution is 9.11. The summed E-state index contributed by atoms with van der Waals surface area (Å²) in [5.74, 6) is 2.16. The first kappa shape index (κ1) is 13.2. The molecule has 0 saturated heterocycles. The molecule has 0 aliphatic rings. The predicted octanol–water partition coefficient (Wildman–Crippen LogP) is 3.72. The van der Waals surface area contributed by atoms with E-state index < -0.39 is 0 Å². The molecule has 0 atom stereocenters. The molecule has 4 nitrogen and oxygen atoms in total. The zero-order chi connectivity index (χ0) is 13.0. The minimum absolute atomic E-state index is 0.639. The Morgan fingerprint density at radius 1 is 1.56 bits per heavy atom. The number of thioether (sulfide) groups is 1. The van der Waals surface area contributed by atoms with Crippen molar-refractivity contribution in [3.05, 3.63) is 42.1 Å². The minimum atomic E-state index is 0.639. The van der Waals surface area contributed by atoms with Gasteiger partial charge >= 0.3 is 0 Å². The van der Waals surface area contributed by atoms with Crippen molar-refractivity contribution in [2.75, 3.05) is 5.75 Å². The van der Waals surface area contributed by atoms with Crippen LogP contribution in [0.3, 0.4) is 0 Å². The summed E-state index contributed by atoms with van der Waals surface area (Å²) in [6.45, 7) is 8.19. The van der Waals surface area contributed by atoms with E-state index in [0.29, 0.717) is 18.1 Å². The molecule has 0 N–H and O–H groups in total. The quantitative estimate of drug-likeness (QED) is 0.599. The fourth-order valence-electron chi connectivity index (χ4n) is 1.42. The first-order valence-electron chi connectivity index (χ1n) is 5.26. The second-order valence-electron chi connectivity index (χ2n) is 3.49. The lowest BCUT2D eigenvalue weighted by Crippen LogP contribution is -2.00. The summed E-state index contributed by atoms with van der Waals surface area (Å²) in [5.41, 5.74) is 0. The maximum Gasteiger partial charge on any atom is 0.200 e. The lowest BCUT2D eigenvalue weighted by atomic mass is 10.4. The summed E-state index contributed by atoms with van der Waals surface area (Å²) in [7, 11) is 0. The highest BCUT2D eigenvalue weighted by atomic mass is 79.9. The summed E-state index contributed by atoms with van der Waals surface area (Å²) >= 11 is 4.90. The Kier molecular flexibility index (Phi) is 4.43. The third-order valence-electron chi connectivity index (χ3n) is 2.13. The van der Waals surface area contributed by atoms with Gasteiger partial charge in [0.1, 0.15) is 0 Å². The van der Waals surface area contributed by atoms with Crippen LogP contribution in [0.1, 0.15) is 0 Å². The number of furan rings is 1. The highest BCUT2D eigenvalue weighted by Crippen LogP contribution is 2.26. The fraction of sp³-hybridized carbons (Fsp3) is 0.167. The normalized spacial score (nSPS) is 10.5. The van der Waals surface area contributed by atoms with Crippen LogP contribution >= 0.6 is 27.7 Å². The summed E-state index contributed by atoms with van der Waals surface area (Å²) in [6, 6.07) is 3.69. The molecule has 2 rings (SSSR count). The average Bonchev–Trinajstić information content (AvgIpc) is 2.95. The molecule has 18 heavy (non-hydrogen) atoms. The first-order valence-corrected chi connectivity index (χ1v) is 7.04. The third kappa shape index (κ3) is 2.94. The van der Waals surface area contributed by atoms with Crippen molar-refractivity contribution in [1.82, 2.24) is 14.8 Å². The summed E-state index contributed by atoms with van der Waals surface area (Å²) in [6.07, 6.45) is 3.43. The number of nitrogens with zero attached hydrogens (tertiary/aromatic N) is 3. The van der Waals surface area contributed by atoms with E-state index in [4.69, 9.17) is 4.42 Å². The Labute approximate surface area is 118 Å². The second kappa shape index (κ2) is 6.06. The van der Waals surface area contributed by atoms with Gasteiger partial charge in [0.15, 0.2) is 10.9 Å². The SMILES string of the molecule is C=CCn1c(SCC(=C)Br)nnc1-c1ccco1. The van der Waals surface area contributed by atoms with Gasteiger partial charge in [-0.3, -0.25) is 4.57 Å². The van der Waals surface area contributed by atoms with E-state index in [9.17, 15) is 0 Å². The van der Waals surface area contributed by atoms with Crippen LogP contribution in [-0.2, 0) is 6.54 Å². The highest BCUT2D eigenvalue weighted by Gasteiger charge is 2.15. The number of halogens is 1. The smallest absolute Gasteiger partial charge is 0.200 e. The lowest BCUT2D eigenvalue weighted by molar-refractivity contribution is 0.570. The Bertz CT molecular complexity index is 548. The van der Waals surface area contributed by atoms with Crippen molar-refractivity contribution in [1.29, 1.82) is 0 Å². The molecule has 0 aliphatic heterocycles. The molecule has 94 valence electrons. The molecule has 0 saturated carbocycles. The van der Waals surface area contributed by atoms with E-state index in [-0.39, 0.29) is 0 Å². The van der Waals surface area contributed by atoms with Crippen molar-refractivity contribution in [2.24, 2.45) is 0 Å². The average molecular weight is 326 g/mol. The molecule has 2 aromatic heterocycles. The second-order valence-corrected chi connectivity index (χ2v) is 5.55. The number of allylic oxidation sites excluding steroid dienone is 1. The molecule has 0 spiro atoms. The molecule has 2 heterocycles. The van der Waals surface area contributed by atoms with Crippen molar-refractivity contribution >= 4 is 27.7 Å². The Morgan fingerprint density at radius 3 is 3.00 bits per heavy atom. The molecule has 0 unspecified atom stereocenters. The largest absolute Gasteiger partial charge is 0.461 e. The van der Waals surface area contributed by atoms with Gasteiger partial charge in [0.25, 0.3) is 0 Å². The van der Waals surface area contributed by atoms with Gasteiger partial charge < -0.3 is 4.42 Å². The zero-order valence-corrected chi connectivity index (χ0v) is 12.1. The molecule has 0 amide bonds. The van der Waals surface area contributed by atoms with Crippen molar-refractivity contribution in [3.63, 3.8) is 0 Å². The van der Waals surface area contributed by atoms with Crippen LogP contribution in [0.2, 0.25) is 0 Å². The van der Waals surface area contributed by atoms with E-state index in [2.05, 4.69) is 39.3 Å². The molecular weight excluding hydrogens is 314 g/mol. The van der Waals surface area contributed by atoms with Crippen molar-refractivity contribution < 1.29 is 4.42 Å². The number of hydrogen-bond acceptors (Lipinski definition) is 4. The summed E-state index contributed by atoms with van der Waals surface area (Å²) in [5, 5.41) is 9.15. The number of hydrogen-bond donors (Lipinski definition) is 0. The van der Waals surface area contributed by atoms with Crippen LogP contribution in [0.4, 0.5) is 0 Å². The number of aromatic nitrogens is 3. The van der Waals surface area contributed by atoms with Crippen LogP contribution in [0.5, 0.6) is 0 Å². The van der Waals surface area contributed by atoms with Crippen molar-refractivity contribution in [3.8, 4) is 11.6 Å². The maximum absolute atomic E-state index is 5.35. The van der Waals surface area contributed by atoms with Gasteiger partial charge in [-0.1, -0.05) is 40.3 Å². The topological polar surface area (TPSA) is 43.9 Å². The van der Waals surface area contributed by atoms with Crippen LogP contribution in [0, 0.1) is 0 Å². The molecule has 0 radical (unpaired) electrons. The van der Waals surface area contributed by atoms with Gasteiger partial charge in [-0.15, -0.1) is 16.8 Å². The van der Waals surface area contributed by atoms with Crippen LogP contribution in [-0.4, -0.2) is 20.5 Å². The summed E-state index contributed by atoms with van der Waals surface area (Å²) < 4.78 is 8.23. The molecule has 0 bridgehead atoms. The van der Waals surface area contributed by atoms with E-state index in [1.54, 1.807) is 18.0 Å². The van der Waals surface area contributed by atoms with Crippen LogP contribution < -0.4 is 0 Å². The van der Waals surface area contributed by atoms with Gasteiger partial charge in [-0.25, -0.2) is 0 Å². The van der Waals surface area contributed by atoms with Gasteiger partial charge in [-0.2, -0.15) is 0 Å². The van der Waals surface area contributed by atoms with E-state index >= 15 is 0 Å². The molecule has 0 fully saturated rings. The van der Waals surface area contributed by atoms with Gasteiger partial charge in [-0.05, 0) is 16.6 Å². The van der Waals surface area contributed by atoms with E-state index in [0.717, 1.165) is 15.4 Å². The first-order chi connectivity index (χ1) is 8.72. The van der Waals surface area contributed by atoms with Gasteiger partial charge in [0, 0.05) is 12.3 Å². The molecular formula is C12H12BrN3OS. The Hall–Kier alpha value is -1.27. The fourth-order valence-corrected chi connectivity index (χ4v) is 2.46. The van der Waals surface area contributed by atoms with E-state index in [1.165, 1.54) is 0 Å². The predicted molar refractivity (Wildman–Crippen MR) is 76.7 cm³/mol. The van der Waals surface area contributed by atoms with Crippen LogP contribution in [0.25, 0.3) is 11.6 Å². The molecule has 0 aromatic carbocycles. The minimum Gasteiger partial charge on any atom is -0.461 e. The van der Waals surface area contributed by atoms with Gasteiger partial charge in [0.05, 0.1) is 6.26 Å². The van der Waals surface area contributed by atoms with Crippen LogP contribution in [0.15, 0.2) is 51.7 Å². The third-order valence-corrected chi connectivity index (χ3v) is 3.83. The lowest BCUT2D eigenvalue weighted by Gasteiger charge is -2.05. The molecule has 6 heteroatoms. The molecule has 0 aliphatic carbocycles. The standard InChI is InChI=1S/C12H12BrN3OS/c1-3-6-16-11(10-5-4-7-17-10)14-15-12(16)18-8-9(2)13/h3-5,7H,1-2,6,8H2. The molecule has 2 aromatic rings. The summed E-state index contributed by atoms with van der Waals surface area (Å²) in [4.78, 5) is 0. The Balaban J connectivity index is 2.31. The monoisotopic (exact) mass is 325 g/mol. The Morgan fingerprint density at radius 2 is 2.39 bits per heavy atom. The van der Waals surface area contributed by atoms with Gasteiger partial charge in [0.2, 0.25) is 5.82 Å². The maximum atomic E-state index is 5.35. The zero-order valence-electron chi connectivity index (χ0n) is 9.67. The van der Waals surface area contributed by atoms with E-state index in [1.807, 2.05) is 22.8 Å². The van der Waals surface area contributed by atoms with Crippen molar-refractivity contribution in [2.45, 2.75) is 11.7 Å².